The molecule has 1 fully saturated rings. The highest BCUT2D eigenvalue weighted by Crippen LogP contribution is 2.35. The first kappa shape index (κ1) is 18.4. The van der Waals surface area contributed by atoms with Crippen LogP contribution in [0, 0.1) is 0 Å². The highest BCUT2D eigenvalue weighted by atomic mass is 35.5. The number of anilines is 1. The van der Waals surface area contributed by atoms with Crippen molar-refractivity contribution in [2.24, 2.45) is 0 Å². The molecule has 26 heavy (non-hydrogen) atoms. The topological polar surface area (TPSA) is 69.6 Å². The van der Waals surface area contributed by atoms with Crippen molar-refractivity contribution in [2.45, 2.75) is 18.3 Å². The van der Waals surface area contributed by atoms with Crippen molar-refractivity contribution in [3.8, 4) is 0 Å². The van der Waals surface area contributed by atoms with Gasteiger partial charge in [-0.1, -0.05) is 41.9 Å². The first-order valence-electron chi connectivity index (χ1n) is 8.56. The molecule has 1 heterocycles. The number of carboxylic acids is 1. The fourth-order valence-electron chi connectivity index (χ4n) is 3.41. The Labute approximate surface area is 157 Å². The third-order valence-corrected chi connectivity index (χ3v) is 5.19. The van der Waals surface area contributed by atoms with E-state index in [0.717, 1.165) is 5.56 Å². The van der Waals surface area contributed by atoms with Crippen LogP contribution in [0.15, 0.2) is 54.6 Å². The summed E-state index contributed by atoms with van der Waals surface area (Å²) in [6.45, 7) is 1.37. The minimum absolute atomic E-state index is 0.116. The van der Waals surface area contributed by atoms with Crippen LogP contribution >= 0.6 is 11.6 Å². The maximum Gasteiger partial charge on any atom is 0.314 e. The van der Waals surface area contributed by atoms with Gasteiger partial charge in [0.25, 0.3) is 0 Å². The maximum absolute atomic E-state index is 12.2. The van der Waals surface area contributed by atoms with Crippen LogP contribution in [-0.4, -0.2) is 41.5 Å². The Morgan fingerprint density at radius 3 is 2.23 bits per heavy atom. The lowest BCUT2D eigenvalue weighted by molar-refractivity contribution is -0.146. The van der Waals surface area contributed by atoms with E-state index >= 15 is 0 Å². The van der Waals surface area contributed by atoms with E-state index in [1.54, 1.807) is 24.3 Å². The van der Waals surface area contributed by atoms with E-state index in [2.05, 4.69) is 5.32 Å². The molecular formula is C20H21ClN2O3. The van der Waals surface area contributed by atoms with Crippen LogP contribution in [0.5, 0.6) is 0 Å². The molecule has 0 saturated carbocycles. The first-order valence-corrected chi connectivity index (χ1v) is 8.94. The van der Waals surface area contributed by atoms with Crippen molar-refractivity contribution in [1.29, 1.82) is 0 Å². The second kappa shape index (κ2) is 7.89. The lowest BCUT2D eigenvalue weighted by Crippen LogP contribution is -2.49. The molecule has 2 aromatic carbocycles. The Bertz CT molecular complexity index is 769. The van der Waals surface area contributed by atoms with E-state index in [1.165, 1.54) is 0 Å². The number of hydrogen-bond donors (Lipinski definition) is 2. The zero-order valence-corrected chi connectivity index (χ0v) is 15.1. The van der Waals surface area contributed by atoms with Crippen LogP contribution in [0.4, 0.5) is 5.69 Å². The van der Waals surface area contributed by atoms with Gasteiger partial charge in [-0.25, -0.2) is 0 Å². The number of likely N-dealkylation sites (tertiary alicyclic amines) is 1. The molecule has 0 radical (unpaired) electrons. The number of carboxylic acid groups (broad SMARTS) is 1. The smallest absolute Gasteiger partial charge is 0.314 e. The van der Waals surface area contributed by atoms with Crippen molar-refractivity contribution >= 4 is 29.2 Å². The Hall–Kier alpha value is -2.37. The quantitative estimate of drug-likeness (QED) is 0.844. The molecule has 1 saturated heterocycles. The fraction of sp³-hybridized carbons (Fsp3) is 0.300. The van der Waals surface area contributed by atoms with Gasteiger partial charge in [0.1, 0.15) is 0 Å². The molecule has 0 aliphatic carbocycles. The molecule has 0 atom stereocenters. The van der Waals surface area contributed by atoms with E-state index < -0.39 is 11.4 Å². The molecule has 1 aliphatic heterocycles. The molecule has 2 N–H and O–H groups in total. The number of rotatable bonds is 5. The van der Waals surface area contributed by atoms with Crippen molar-refractivity contribution in [3.63, 3.8) is 0 Å². The Balaban J connectivity index is 1.59. The molecule has 0 aromatic heterocycles. The van der Waals surface area contributed by atoms with Crippen LogP contribution in [0.1, 0.15) is 18.4 Å². The van der Waals surface area contributed by atoms with E-state index in [0.29, 0.717) is 36.6 Å². The summed E-state index contributed by atoms with van der Waals surface area (Å²) in [5, 5.41) is 13.3. The number of carbonyl (C=O) groups is 2. The number of amides is 1. The van der Waals surface area contributed by atoms with Gasteiger partial charge in [0.05, 0.1) is 12.0 Å². The van der Waals surface area contributed by atoms with Crippen molar-refractivity contribution in [3.05, 3.63) is 65.2 Å². The van der Waals surface area contributed by atoms with Gasteiger partial charge in [-0.2, -0.15) is 0 Å². The molecule has 1 amide bonds. The molecule has 0 spiro atoms. The van der Waals surface area contributed by atoms with Crippen LogP contribution in [0.25, 0.3) is 0 Å². The highest BCUT2D eigenvalue weighted by Gasteiger charge is 2.43. The minimum Gasteiger partial charge on any atom is -0.481 e. The number of aliphatic carboxylic acids is 1. The van der Waals surface area contributed by atoms with Gasteiger partial charge in [-0.3, -0.25) is 14.5 Å². The molecule has 2 aromatic rings. The number of benzene rings is 2. The van der Waals surface area contributed by atoms with Crippen LogP contribution < -0.4 is 5.32 Å². The largest absolute Gasteiger partial charge is 0.481 e. The summed E-state index contributed by atoms with van der Waals surface area (Å²) in [6.07, 6.45) is 0.973. The van der Waals surface area contributed by atoms with E-state index in [9.17, 15) is 14.7 Å². The van der Waals surface area contributed by atoms with Crippen molar-refractivity contribution in [2.75, 3.05) is 25.0 Å². The van der Waals surface area contributed by atoms with Gasteiger partial charge >= 0.3 is 5.97 Å². The number of carbonyl (C=O) groups excluding carboxylic acids is 1. The highest BCUT2D eigenvalue weighted by molar-refractivity contribution is 6.30. The Morgan fingerprint density at radius 1 is 1.04 bits per heavy atom. The summed E-state index contributed by atoms with van der Waals surface area (Å²) in [5.41, 5.74) is 0.656. The average Bonchev–Trinajstić information content (AvgIpc) is 2.65. The molecule has 5 nitrogen and oxygen atoms in total. The predicted molar refractivity (Wildman–Crippen MR) is 102 cm³/mol. The van der Waals surface area contributed by atoms with Crippen LogP contribution in [-0.2, 0) is 15.0 Å². The SMILES string of the molecule is O=C(CN1CCC(C(=O)O)(c2ccccc2)CC1)Nc1ccc(Cl)cc1. The lowest BCUT2D eigenvalue weighted by atomic mass is 9.73. The van der Waals surface area contributed by atoms with Gasteiger partial charge in [-0.15, -0.1) is 0 Å². The molecule has 3 rings (SSSR count). The fourth-order valence-corrected chi connectivity index (χ4v) is 3.54. The summed E-state index contributed by atoms with van der Waals surface area (Å²) in [6, 6.07) is 16.3. The summed E-state index contributed by atoms with van der Waals surface area (Å²) in [4.78, 5) is 26.2. The van der Waals surface area contributed by atoms with E-state index in [1.807, 2.05) is 35.2 Å². The monoisotopic (exact) mass is 372 g/mol. The Kier molecular flexibility index (Phi) is 5.59. The summed E-state index contributed by atoms with van der Waals surface area (Å²) in [5.74, 6) is -0.913. The molecule has 0 bridgehead atoms. The molecule has 0 unspecified atom stereocenters. The maximum atomic E-state index is 12.2. The van der Waals surface area contributed by atoms with Gasteiger partial charge in [-0.05, 0) is 42.7 Å². The molecule has 136 valence electrons. The summed E-state index contributed by atoms with van der Waals surface area (Å²) >= 11 is 5.84. The number of nitrogens with one attached hydrogen (secondary N) is 1. The number of piperidine rings is 1. The Morgan fingerprint density at radius 2 is 1.65 bits per heavy atom. The molecule has 1 aliphatic rings. The van der Waals surface area contributed by atoms with Gasteiger partial charge in [0, 0.05) is 23.8 Å². The van der Waals surface area contributed by atoms with Gasteiger partial charge in [0.15, 0.2) is 0 Å². The molecular weight excluding hydrogens is 352 g/mol. The number of hydrogen-bond acceptors (Lipinski definition) is 3. The standard InChI is InChI=1S/C20H21ClN2O3/c21-16-6-8-17(9-7-16)22-18(24)14-23-12-10-20(11-13-23,19(25)26)15-4-2-1-3-5-15/h1-9H,10-14H2,(H,22,24)(H,25,26). The second-order valence-corrected chi connectivity index (χ2v) is 7.02. The first-order chi connectivity index (χ1) is 12.5. The van der Waals surface area contributed by atoms with Crippen molar-refractivity contribution < 1.29 is 14.7 Å². The third-order valence-electron chi connectivity index (χ3n) is 4.94. The van der Waals surface area contributed by atoms with Crippen LogP contribution in [0.3, 0.4) is 0 Å². The van der Waals surface area contributed by atoms with Gasteiger partial charge in [0.2, 0.25) is 5.91 Å². The minimum atomic E-state index is -0.871. The molecule has 6 heteroatoms. The third kappa shape index (κ3) is 4.06. The van der Waals surface area contributed by atoms with Gasteiger partial charge < -0.3 is 10.4 Å². The van der Waals surface area contributed by atoms with Crippen molar-refractivity contribution in [1.82, 2.24) is 4.90 Å². The number of halogens is 1. The number of nitrogens with zero attached hydrogens (tertiary/aromatic N) is 1. The second-order valence-electron chi connectivity index (χ2n) is 6.58. The zero-order chi connectivity index (χ0) is 18.6. The van der Waals surface area contributed by atoms with Crippen LogP contribution in [0.2, 0.25) is 5.02 Å². The lowest BCUT2D eigenvalue weighted by Gasteiger charge is -2.39. The summed E-state index contributed by atoms with van der Waals surface area (Å²) in [7, 11) is 0. The van der Waals surface area contributed by atoms with E-state index in [-0.39, 0.29) is 12.5 Å². The normalized spacial score (nSPS) is 16.8. The zero-order valence-electron chi connectivity index (χ0n) is 14.3. The predicted octanol–water partition coefficient (Wildman–Crippen LogP) is 3.40. The van der Waals surface area contributed by atoms with E-state index in [4.69, 9.17) is 11.6 Å². The average molecular weight is 373 g/mol. The summed E-state index contributed by atoms with van der Waals surface area (Å²) < 4.78 is 0.